The van der Waals surface area contributed by atoms with E-state index in [2.05, 4.69) is 4.18 Å². The summed E-state index contributed by atoms with van der Waals surface area (Å²) in [5.74, 6) is -0.959. The molecule has 116 valence electrons. The molecule has 0 aromatic heterocycles. The number of hydrogen-bond acceptors (Lipinski definition) is 5. The van der Waals surface area contributed by atoms with Gasteiger partial charge in [-0.15, -0.1) is 0 Å². The fourth-order valence-electron chi connectivity index (χ4n) is 1.71. The first kappa shape index (κ1) is 15.6. The van der Waals surface area contributed by atoms with E-state index in [1.54, 1.807) is 0 Å². The minimum Gasteiger partial charge on any atom is -0.427 e. The second-order valence-corrected chi connectivity index (χ2v) is 6.09. The van der Waals surface area contributed by atoms with E-state index in [4.69, 9.17) is 4.74 Å². The van der Waals surface area contributed by atoms with Crippen molar-refractivity contribution in [3.8, 4) is 11.5 Å². The molecule has 1 aliphatic rings. The highest BCUT2D eigenvalue weighted by Gasteiger charge is 2.49. The molecule has 9 heteroatoms. The number of hydrogen-bond donors (Lipinski definition) is 0. The first-order chi connectivity index (χ1) is 9.60. The molecule has 0 radical (unpaired) electrons. The Labute approximate surface area is 118 Å². The molecule has 0 amide bonds. The van der Waals surface area contributed by atoms with E-state index in [0.29, 0.717) is 12.8 Å². The van der Waals surface area contributed by atoms with Crippen LogP contribution >= 0.6 is 0 Å². The molecule has 1 aromatic rings. The quantitative estimate of drug-likeness (QED) is 0.369. The molecule has 0 N–H and O–H groups in total. The summed E-state index contributed by atoms with van der Waals surface area (Å²) in [6, 6.07) is 3.55. The molecule has 1 saturated carbocycles. The zero-order valence-corrected chi connectivity index (χ0v) is 11.6. The zero-order chi connectivity index (χ0) is 15.8. The molecule has 0 heterocycles. The third-order valence-electron chi connectivity index (χ3n) is 2.74. The number of rotatable bonds is 4. The van der Waals surface area contributed by atoms with Gasteiger partial charge in [0, 0.05) is 12.5 Å². The molecular weight excluding hydrogens is 313 g/mol. The van der Waals surface area contributed by atoms with Gasteiger partial charge in [0.15, 0.2) is 0 Å². The summed E-state index contributed by atoms with van der Waals surface area (Å²) < 4.78 is 68.1. The normalized spacial score (nSPS) is 15.6. The van der Waals surface area contributed by atoms with E-state index in [1.807, 2.05) is 0 Å². The van der Waals surface area contributed by atoms with Crippen molar-refractivity contribution in [2.75, 3.05) is 0 Å². The van der Waals surface area contributed by atoms with Gasteiger partial charge in [0.1, 0.15) is 11.5 Å². The summed E-state index contributed by atoms with van der Waals surface area (Å²) in [6.07, 6.45) is 1.40. The molecule has 0 bridgehead atoms. The summed E-state index contributed by atoms with van der Waals surface area (Å²) in [4.78, 5) is 10.9. The highest BCUT2D eigenvalue weighted by molar-refractivity contribution is 7.88. The Balaban J connectivity index is 2.34. The number of benzene rings is 1. The van der Waals surface area contributed by atoms with Crippen LogP contribution in [0.5, 0.6) is 11.5 Å². The maximum absolute atomic E-state index is 12.3. The Morgan fingerprint density at radius 3 is 2.38 bits per heavy atom. The van der Waals surface area contributed by atoms with Crippen LogP contribution < -0.4 is 8.92 Å². The monoisotopic (exact) mass is 324 g/mol. The van der Waals surface area contributed by atoms with Gasteiger partial charge in [-0.25, -0.2) is 0 Å². The van der Waals surface area contributed by atoms with E-state index < -0.39 is 27.3 Å². The van der Waals surface area contributed by atoms with Gasteiger partial charge in [-0.2, -0.15) is 21.6 Å². The minimum absolute atomic E-state index is 0.0982. The number of ether oxygens (including phenoxy) is 1. The summed E-state index contributed by atoms with van der Waals surface area (Å²) in [5, 5.41) is 0. The van der Waals surface area contributed by atoms with Crippen molar-refractivity contribution in [1.82, 2.24) is 0 Å². The Morgan fingerprint density at radius 2 is 1.90 bits per heavy atom. The zero-order valence-electron chi connectivity index (χ0n) is 10.8. The standard InChI is InChI=1S/C12H11F3O5S/c1-7(16)19-9-4-5-11(10(6-9)8-2-3-8)20-21(17,18)12(13,14)15/h4-6,8H,2-3H2,1H3. The number of carbonyl (C=O) groups is 1. The molecule has 1 aromatic carbocycles. The number of alkyl halides is 3. The Morgan fingerprint density at radius 1 is 1.29 bits per heavy atom. The van der Waals surface area contributed by atoms with Crippen LogP contribution in [-0.2, 0) is 14.9 Å². The van der Waals surface area contributed by atoms with Crippen LogP contribution in [0.4, 0.5) is 13.2 Å². The fraction of sp³-hybridized carbons (Fsp3) is 0.417. The minimum atomic E-state index is -5.72. The predicted molar refractivity (Wildman–Crippen MR) is 65.3 cm³/mol. The van der Waals surface area contributed by atoms with Crippen molar-refractivity contribution < 1.29 is 35.3 Å². The molecule has 0 saturated heterocycles. The van der Waals surface area contributed by atoms with Crippen molar-refractivity contribution in [2.45, 2.75) is 31.2 Å². The van der Waals surface area contributed by atoms with Gasteiger partial charge in [-0.3, -0.25) is 4.79 Å². The fourth-order valence-corrected chi connectivity index (χ4v) is 2.19. The first-order valence-corrected chi connectivity index (χ1v) is 7.34. The molecule has 2 rings (SSSR count). The highest BCUT2D eigenvalue weighted by atomic mass is 32.2. The molecule has 5 nitrogen and oxygen atoms in total. The predicted octanol–water partition coefficient (Wildman–Crippen LogP) is 2.72. The lowest BCUT2D eigenvalue weighted by Crippen LogP contribution is -2.28. The van der Waals surface area contributed by atoms with Gasteiger partial charge in [0.25, 0.3) is 0 Å². The van der Waals surface area contributed by atoms with E-state index in [0.717, 1.165) is 6.07 Å². The topological polar surface area (TPSA) is 69.7 Å². The molecule has 1 aliphatic carbocycles. The Hall–Kier alpha value is -1.77. The van der Waals surface area contributed by atoms with Crippen LogP contribution in [0.15, 0.2) is 18.2 Å². The summed E-state index contributed by atoms with van der Waals surface area (Å²) in [5.41, 5.74) is -5.22. The van der Waals surface area contributed by atoms with Gasteiger partial charge in [0.2, 0.25) is 0 Å². The average molecular weight is 324 g/mol. The van der Waals surface area contributed by atoms with Crippen LogP contribution in [0, 0.1) is 0 Å². The SMILES string of the molecule is CC(=O)Oc1ccc(OS(=O)(=O)C(F)(F)F)c(C2CC2)c1. The maximum Gasteiger partial charge on any atom is 0.534 e. The van der Waals surface area contributed by atoms with E-state index >= 15 is 0 Å². The largest absolute Gasteiger partial charge is 0.534 e. The molecule has 21 heavy (non-hydrogen) atoms. The second-order valence-electron chi connectivity index (χ2n) is 4.55. The van der Waals surface area contributed by atoms with E-state index in [1.165, 1.54) is 19.1 Å². The molecule has 0 atom stereocenters. The highest BCUT2D eigenvalue weighted by Crippen LogP contribution is 2.46. The van der Waals surface area contributed by atoms with Gasteiger partial charge in [-0.05, 0) is 37.0 Å². The van der Waals surface area contributed by atoms with Crippen LogP contribution in [0.2, 0.25) is 0 Å². The van der Waals surface area contributed by atoms with Crippen molar-refractivity contribution in [3.63, 3.8) is 0 Å². The van der Waals surface area contributed by atoms with Gasteiger partial charge < -0.3 is 8.92 Å². The van der Waals surface area contributed by atoms with Crippen molar-refractivity contribution in [2.24, 2.45) is 0 Å². The van der Waals surface area contributed by atoms with Crippen LogP contribution in [-0.4, -0.2) is 19.9 Å². The number of carbonyl (C=O) groups excluding carboxylic acids is 1. The summed E-state index contributed by atoms with van der Waals surface area (Å²) >= 11 is 0. The lowest BCUT2D eigenvalue weighted by Gasteiger charge is -2.13. The van der Waals surface area contributed by atoms with E-state index in [-0.39, 0.29) is 17.2 Å². The molecule has 0 aliphatic heterocycles. The summed E-state index contributed by atoms with van der Waals surface area (Å²) in [7, 11) is -5.72. The Kier molecular flexibility index (Phi) is 3.87. The lowest BCUT2D eigenvalue weighted by molar-refractivity contribution is -0.131. The van der Waals surface area contributed by atoms with E-state index in [9.17, 15) is 26.4 Å². The molecule has 0 unspecified atom stereocenters. The Bertz CT molecular complexity index is 662. The van der Waals surface area contributed by atoms with Crippen LogP contribution in [0.3, 0.4) is 0 Å². The molecular formula is C12H11F3O5S. The van der Waals surface area contributed by atoms with Crippen molar-refractivity contribution in [3.05, 3.63) is 23.8 Å². The third kappa shape index (κ3) is 3.66. The van der Waals surface area contributed by atoms with Crippen molar-refractivity contribution >= 4 is 16.1 Å². The van der Waals surface area contributed by atoms with Crippen molar-refractivity contribution in [1.29, 1.82) is 0 Å². The molecule has 1 fully saturated rings. The maximum atomic E-state index is 12.3. The lowest BCUT2D eigenvalue weighted by atomic mass is 10.1. The molecule has 0 spiro atoms. The van der Waals surface area contributed by atoms with Gasteiger partial charge in [0.05, 0.1) is 0 Å². The van der Waals surface area contributed by atoms with Gasteiger partial charge >= 0.3 is 21.6 Å². The summed E-state index contributed by atoms with van der Waals surface area (Å²) in [6.45, 7) is 1.18. The number of halogens is 3. The first-order valence-electron chi connectivity index (χ1n) is 5.93. The van der Waals surface area contributed by atoms with Crippen LogP contribution in [0.25, 0.3) is 0 Å². The second kappa shape index (κ2) is 5.21. The number of esters is 1. The average Bonchev–Trinajstić information content (AvgIpc) is 3.12. The third-order valence-corrected chi connectivity index (χ3v) is 3.71. The van der Waals surface area contributed by atoms with Gasteiger partial charge in [-0.1, -0.05) is 0 Å². The van der Waals surface area contributed by atoms with Crippen LogP contribution in [0.1, 0.15) is 31.2 Å². The smallest absolute Gasteiger partial charge is 0.427 e.